The zero-order valence-corrected chi connectivity index (χ0v) is 26.8. The van der Waals surface area contributed by atoms with Gasteiger partial charge in [-0.2, -0.15) is 0 Å². The highest BCUT2D eigenvalue weighted by Crippen LogP contribution is 2.44. The lowest BCUT2D eigenvalue weighted by Gasteiger charge is -2.40. The lowest BCUT2D eigenvalue weighted by Crippen LogP contribution is -2.53. The summed E-state index contributed by atoms with van der Waals surface area (Å²) in [6.45, 7) is 16.6. The zero-order valence-electron chi connectivity index (χ0n) is 26.8. The van der Waals surface area contributed by atoms with E-state index in [4.69, 9.17) is 14.2 Å². The number of aryl methyl sites for hydroxylation is 1. The summed E-state index contributed by atoms with van der Waals surface area (Å²) in [5, 5.41) is 18.0. The minimum absolute atomic E-state index is 0.0259. The average molecular weight is 583 g/mol. The predicted octanol–water partition coefficient (Wildman–Crippen LogP) is 6.23. The highest BCUT2D eigenvalue weighted by molar-refractivity contribution is 5.73. The standard InChI is InChI=1S/C35H54N2O5/c1-22-11-8-12-26(19-22)13-9-17-36-25(4)37-29-21-41-24(3)32(28-15-16-30-27(20-28)14-10-18-40-30)31(23(29)2)33(34(38)39)42-35(5,6)7/h8,11-12,15-16,20,23-26,29,31-33,36-37H,9-10,13-14,17-19,21H2,1-7H3,(H,38,39). The van der Waals surface area contributed by atoms with Gasteiger partial charge in [0, 0.05) is 17.9 Å². The van der Waals surface area contributed by atoms with Crippen molar-refractivity contribution in [2.24, 2.45) is 17.8 Å². The summed E-state index contributed by atoms with van der Waals surface area (Å²) < 4.78 is 18.7. The number of carboxylic acids is 1. The van der Waals surface area contributed by atoms with Crippen molar-refractivity contribution in [3.63, 3.8) is 0 Å². The Morgan fingerprint density at radius 3 is 2.74 bits per heavy atom. The second kappa shape index (κ2) is 14.5. The van der Waals surface area contributed by atoms with Crippen molar-refractivity contribution in [3.8, 4) is 5.75 Å². The number of benzene rings is 1. The van der Waals surface area contributed by atoms with Crippen LogP contribution in [0.25, 0.3) is 0 Å². The van der Waals surface area contributed by atoms with Gasteiger partial charge in [0.15, 0.2) is 6.10 Å². The van der Waals surface area contributed by atoms with E-state index in [0.29, 0.717) is 12.5 Å². The number of aliphatic carboxylic acids is 1. The van der Waals surface area contributed by atoms with Gasteiger partial charge in [-0.1, -0.05) is 42.9 Å². The van der Waals surface area contributed by atoms with Gasteiger partial charge >= 0.3 is 5.97 Å². The lowest BCUT2D eigenvalue weighted by molar-refractivity contribution is -0.171. The number of hydrogen-bond acceptors (Lipinski definition) is 6. The molecule has 2 heterocycles. The van der Waals surface area contributed by atoms with Gasteiger partial charge in [0.1, 0.15) is 5.75 Å². The summed E-state index contributed by atoms with van der Waals surface area (Å²) in [5.41, 5.74) is 3.13. The van der Waals surface area contributed by atoms with E-state index in [-0.39, 0.29) is 36.1 Å². The second-order valence-corrected chi connectivity index (χ2v) is 13.8. The molecule has 1 aromatic carbocycles. The van der Waals surface area contributed by atoms with E-state index in [1.165, 1.54) is 17.6 Å². The Bertz CT molecular complexity index is 1110. The molecular weight excluding hydrogens is 528 g/mol. The lowest BCUT2D eigenvalue weighted by atomic mass is 9.71. The number of carboxylic acid groups (broad SMARTS) is 1. The van der Waals surface area contributed by atoms with Crippen LogP contribution in [0.2, 0.25) is 0 Å². The van der Waals surface area contributed by atoms with Crippen LogP contribution in [0.1, 0.15) is 91.2 Å². The van der Waals surface area contributed by atoms with Crippen LogP contribution >= 0.6 is 0 Å². The molecule has 0 aromatic heterocycles. The summed E-state index contributed by atoms with van der Waals surface area (Å²) in [6.07, 6.45) is 11.0. The molecule has 3 aliphatic rings. The van der Waals surface area contributed by atoms with Crippen LogP contribution in [0.15, 0.2) is 42.0 Å². The van der Waals surface area contributed by atoms with Crippen molar-refractivity contribution in [1.29, 1.82) is 0 Å². The Balaban J connectivity index is 1.51. The fraction of sp³-hybridized carbons (Fsp3) is 0.686. The van der Waals surface area contributed by atoms with Crippen molar-refractivity contribution in [2.75, 3.05) is 19.8 Å². The third-order valence-electron chi connectivity index (χ3n) is 9.11. The molecule has 0 spiro atoms. The first-order valence-electron chi connectivity index (χ1n) is 16.0. The van der Waals surface area contributed by atoms with Crippen LogP contribution in [-0.4, -0.2) is 60.9 Å². The first-order chi connectivity index (χ1) is 19.9. The molecule has 8 unspecified atom stereocenters. The molecule has 234 valence electrons. The van der Waals surface area contributed by atoms with E-state index in [0.717, 1.165) is 50.1 Å². The topological polar surface area (TPSA) is 89.0 Å². The molecule has 1 saturated heterocycles. The quantitative estimate of drug-likeness (QED) is 0.211. The van der Waals surface area contributed by atoms with Crippen LogP contribution in [-0.2, 0) is 20.7 Å². The molecule has 0 radical (unpaired) electrons. The van der Waals surface area contributed by atoms with Crippen molar-refractivity contribution in [3.05, 3.63) is 53.1 Å². The molecule has 1 aromatic rings. The first-order valence-corrected chi connectivity index (χ1v) is 16.0. The number of carbonyl (C=O) groups is 1. The van der Waals surface area contributed by atoms with E-state index in [9.17, 15) is 9.90 Å². The van der Waals surface area contributed by atoms with Crippen molar-refractivity contribution >= 4 is 5.97 Å². The number of allylic oxidation sites excluding steroid dienone is 4. The SMILES string of the molecule is CC1=CC=CC(CCCNC(C)NC2COC(C)C(c3ccc4c(c3)CCCO4)C(C(OC(C)(C)C)C(=O)O)C2C)C1. The van der Waals surface area contributed by atoms with Gasteiger partial charge in [0.05, 0.1) is 31.1 Å². The van der Waals surface area contributed by atoms with E-state index in [1.54, 1.807) is 0 Å². The average Bonchev–Trinajstić information content (AvgIpc) is 3.05. The fourth-order valence-corrected chi connectivity index (χ4v) is 7.03. The van der Waals surface area contributed by atoms with Crippen LogP contribution in [0.5, 0.6) is 5.75 Å². The summed E-state index contributed by atoms with van der Waals surface area (Å²) in [5.74, 6) is 0.159. The number of rotatable bonds is 11. The molecule has 8 atom stereocenters. The minimum Gasteiger partial charge on any atom is -0.493 e. The Morgan fingerprint density at radius 2 is 2.02 bits per heavy atom. The Labute approximate surface area is 253 Å². The van der Waals surface area contributed by atoms with Gasteiger partial charge < -0.3 is 24.6 Å². The van der Waals surface area contributed by atoms with Crippen molar-refractivity contribution in [2.45, 2.75) is 117 Å². The Hall–Kier alpha value is -2.19. The Kier molecular flexibility index (Phi) is 11.3. The summed E-state index contributed by atoms with van der Waals surface area (Å²) >= 11 is 0. The van der Waals surface area contributed by atoms with Crippen LogP contribution < -0.4 is 15.4 Å². The molecule has 42 heavy (non-hydrogen) atoms. The first kappa shape index (κ1) is 32.7. The van der Waals surface area contributed by atoms with Gasteiger partial charge in [-0.25, -0.2) is 4.79 Å². The minimum atomic E-state index is -0.977. The Morgan fingerprint density at radius 1 is 1.24 bits per heavy atom. The summed E-state index contributed by atoms with van der Waals surface area (Å²) in [4.78, 5) is 12.9. The summed E-state index contributed by atoms with van der Waals surface area (Å²) in [7, 11) is 0. The maximum Gasteiger partial charge on any atom is 0.333 e. The maximum atomic E-state index is 12.9. The summed E-state index contributed by atoms with van der Waals surface area (Å²) in [6, 6.07) is 6.32. The van der Waals surface area contributed by atoms with E-state index in [1.807, 2.05) is 26.8 Å². The molecule has 4 rings (SSSR count). The third-order valence-corrected chi connectivity index (χ3v) is 9.11. The van der Waals surface area contributed by atoms with E-state index >= 15 is 0 Å². The van der Waals surface area contributed by atoms with Crippen LogP contribution in [0, 0.1) is 17.8 Å². The highest BCUT2D eigenvalue weighted by atomic mass is 16.5. The molecule has 7 heteroatoms. The number of hydrogen-bond donors (Lipinski definition) is 3. The monoisotopic (exact) mass is 582 g/mol. The maximum absolute atomic E-state index is 12.9. The van der Waals surface area contributed by atoms with Crippen LogP contribution in [0.4, 0.5) is 0 Å². The molecule has 0 bridgehead atoms. The second-order valence-electron chi connectivity index (χ2n) is 13.8. The van der Waals surface area contributed by atoms with Gasteiger partial charge in [-0.15, -0.1) is 0 Å². The molecule has 1 fully saturated rings. The molecule has 1 aliphatic carbocycles. The molecule has 3 N–H and O–H groups in total. The fourth-order valence-electron chi connectivity index (χ4n) is 7.03. The molecule has 7 nitrogen and oxygen atoms in total. The third kappa shape index (κ3) is 8.68. The molecule has 0 saturated carbocycles. The number of nitrogens with one attached hydrogen (secondary N) is 2. The van der Waals surface area contributed by atoms with Crippen molar-refractivity contribution < 1.29 is 24.1 Å². The smallest absolute Gasteiger partial charge is 0.333 e. The van der Waals surface area contributed by atoms with Gasteiger partial charge in [-0.3, -0.25) is 5.32 Å². The highest BCUT2D eigenvalue weighted by Gasteiger charge is 2.48. The van der Waals surface area contributed by atoms with Gasteiger partial charge in [0.25, 0.3) is 0 Å². The zero-order chi connectivity index (χ0) is 30.4. The van der Waals surface area contributed by atoms with Gasteiger partial charge in [0.2, 0.25) is 0 Å². The van der Waals surface area contributed by atoms with E-state index < -0.39 is 17.7 Å². The molecule has 0 amide bonds. The molecular formula is C35H54N2O5. The van der Waals surface area contributed by atoms with Crippen LogP contribution in [0.3, 0.4) is 0 Å². The molecule has 2 aliphatic heterocycles. The van der Waals surface area contributed by atoms with E-state index in [2.05, 4.69) is 68.7 Å². The van der Waals surface area contributed by atoms with Gasteiger partial charge in [-0.05, 0) is 109 Å². The predicted molar refractivity (Wildman–Crippen MR) is 168 cm³/mol. The largest absolute Gasteiger partial charge is 0.493 e. The normalized spacial score (nSPS) is 29.5. The number of ether oxygens (including phenoxy) is 3. The van der Waals surface area contributed by atoms with Crippen molar-refractivity contribution in [1.82, 2.24) is 10.6 Å². The number of fused-ring (bicyclic) bond motifs is 1.